The van der Waals surface area contributed by atoms with Gasteiger partial charge in [-0.3, -0.25) is 0 Å². The maximum Gasteiger partial charge on any atom is 0.211 e. The van der Waals surface area contributed by atoms with Crippen molar-refractivity contribution in [3.05, 3.63) is 59.2 Å². The molecule has 2 aromatic rings. The summed E-state index contributed by atoms with van der Waals surface area (Å²) in [5.74, 6) is 1.38. The highest BCUT2D eigenvalue weighted by atomic mass is 16.5. The van der Waals surface area contributed by atoms with Gasteiger partial charge in [0.05, 0.1) is 6.21 Å². The molecule has 2 aromatic carbocycles. The van der Waals surface area contributed by atoms with E-state index in [-0.39, 0.29) is 5.96 Å². The highest BCUT2D eigenvalue weighted by Gasteiger charge is 2.03. The fourth-order valence-corrected chi connectivity index (χ4v) is 1.74. The van der Waals surface area contributed by atoms with Crippen molar-refractivity contribution >= 4 is 12.2 Å². The maximum absolute atomic E-state index is 5.90. The lowest BCUT2D eigenvalue weighted by Gasteiger charge is -2.09. The van der Waals surface area contributed by atoms with Gasteiger partial charge in [0.15, 0.2) is 0 Å². The minimum absolute atomic E-state index is 0.0844. The van der Waals surface area contributed by atoms with E-state index in [9.17, 15) is 0 Å². The summed E-state index contributed by atoms with van der Waals surface area (Å²) in [6, 6.07) is 13.5. The standard InChI is InChI=1S/C16H18N4O/c1-11-7-8-14(9-12(11)2)21-15-6-4-3-5-13(15)10-19-20-16(17)18/h3-10H,1-2H3,(H4,17,18,20). The maximum atomic E-state index is 5.90. The normalized spacial score (nSPS) is 10.6. The predicted octanol–water partition coefficient (Wildman–Crippen LogP) is 2.70. The quantitative estimate of drug-likeness (QED) is 0.513. The molecule has 0 amide bonds. The molecule has 0 spiro atoms. The number of para-hydroxylation sites is 1. The summed E-state index contributed by atoms with van der Waals surface area (Å²) in [5.41, 5.74) is 13.7. The van der Waals surface area contributed by atoms with Gasteiger partial charge in [0.25, 0.3) is 0 Å². The Balaban J connectivity index is 2.25. The van der Waals surface area contributed by atoms with Gasteiger partial charge in [-0.2, -0.15) is 5.10 Å². The minimum Gasteiger partial charge on any atom is -0.457 e. The lowest BCUT2D eigenvalue weighted by molar-refractivity contribution is 0.481. The van der Waals surface area contributed by atoms with Gasteiger partial charge in [-0.15, -0.1) is 5.10 Å². The molecule has 0 unspecified atom stereocenters. The number of nitrogens with zero attached hydrogens (tertiary/aromatic N) is 2. The highest BCUT2D eigenvalue weighted by molar-refractivity contribution is 5.84. The predicted molar refractivity (Wildman–Crippen MR) is 85.8 cm³/mol. The van der Waals surface area contributed by atoms with Crippen LogP contribution in [0.15, 0.2) is 52.7 Å². The van der Waals surface area contributed by atoms with Crippen molar-refractivity contribution in [2.45, 2.75) is 13.8 Å². The largest absolute Gasteiger partial charge is 0.457 e. The monoisotopic (exact) mass is 282 g/mol. The van der Waals surface area contributed by atoms with Gasteiger partial charge >= 0.3 is 0 Å². The molecule has 5 nitrogen and oxygen atoms in total. The topological polar surface area (TPSA) is 86.0 Å². The molecule has 0 aliphatic carbocycles. The molecule has 0 aromatic heterocycles. The summed E-state index contributed by atoms with van der Waals surface area (Å²) in [7, 11) is 0. The first-order chi connectivity index (χ1) is 10.1. The highest BCUT2D eigenvalue weighted by Crippen LogP contribution is 2.25. The number of nitrogens with two attached hydrogens (primary N) is 2. The number of hydrogen-bond donors (Lipinski definition) is 2. The Morgan fingerprint density at radius 2 is 1.81 bits per heavy atom. The van der Waals surface area contributed by atoms with E-state index in [4.69, 9.17) is 16.2 Å². The summed E-state index contributed by atoms with van der Waals surface area (Å²) >= 11 is 0. The number of benzene rings is 2. The van der Waals surface area contributed by atoms with Crippen LogP contribution in [0, 0.1) is 13.8 Å². The van der Waals surface area contributed by atoms with E-state index in [1.54, 1.807) is 6.21 Å². The second kappa shape index (κ2) is 6.56. The summed E-state index contributed by atoms with van der Waals surface area (Å²) < 4.78 is 5.90. The van der Waals surface area contributed by atoms with E-state index in [0.29, 0.717) is 5.75 Å². The Kier molecular flexibility index (Phi) is 4.56. The zero-order valence-corrected chi connectivity index (χ0v) is 12.1. The van der Waals surface area contributed by atoms with E-state index in [0.717, 1.165) is 11.3 Å². The van der Waals surface area contributed by atoms with Crippen molar-refractivity contribution in [1.29, 1.82) is 0 Å². The summed E-state index contributed by atoms with van der Waals surface area (Å²) in [6.07, 6.45) is 1.55. The Labute approximate surface area is 124 Å². The SMILES string of the molecule is Cc1ccc(Oc2ccccc2C=NN=C(N)N)cc1C. The Bertz CT molecular complexity index is 688. The first-order valence-corrected chi connectivity index (χ1v) is 6.52. The minimum atomic E-state index is -0.0844. The Hall–Kier alpha value is -2.82. The third kappa shape index (κ3) is 4.07. The van der Waals surface area contributed by atoms with Crippen LogP contribution >= 0.6 is 0 Å². The molecule has 0 atom stereocenters. The number of aryl methyl sites for hydroxylation is 2. The van der Waals surface area contributed by atoms with Crippen LogP contribution in [0.1, 0.15) is 16.7 Å². The molecule has 4 N–H and O–H groups in total. The molecule has 2 rings (SSSR count). The number of rotatable bonds is 4. The molecular weight excluding hydrogens is 264 g/mol. The van der Waals surface area contributed by atoms with Gasteiger partial charge < -0.3 is 16.2 Å². The molecule has 0 heterocycles. The second-order valence-corrected chi connectivity index (χ2v) is 4.66. The zero-order chi connectivity index (χ0) is 15.2. The molecule has 0 aliphatic heterocycles. The average molecular weight is 282 g/mol. The first kappa shape index (κ1) is 14.6. The Morgan fingerprint density at radius 1 is 1.05 bits per heavy atom. The van der Waals surface area contributed by atoms with Gasteiger partial charge in [0.2, 0.25) is 5.96 Å². The second-order valence-electron chi connectivity index (χ2n) is 4.66. The summed E-state index contributed by atoms with van der Waals surface area (Å²) in [5, 5.41) is 7.39. The first-order valence-electron chi connectivity index (χ1n) is 6.52. The molecule has 0 saturated carbocycles. The van der Waals surface area contributed by atoms with Crippen LogP contribution in [0.25, 0.3) is 0 Å². The number of guanidine groups is 1. The fourth-order valence-electron chi connectivity index (χ4n) is 1.74. The van der Waals surface area contributed by atoms with E-state index in [1.807, 2.05) is 49.4 Å². The van der Waals surface area contributed by atoms with Gasteiger partial charge in [0.1, 0.15) is 11.5 Å². The van der Waals surface area contributed by atoms with Crippen LogP contribution in [0.3, 0.4) is 0 Å². The average Bonchev–Trinajstić information content (AvgIpc) is 2.44. The molecule has 5 heteroatoms. The lowest BCUT2D eigenvalue weighted by Crippen LogP contribution is -2.21. The summed E-state index contributed by atoms with van der Waals surface area (Å²) in [4.78, 5) is 0. The lowest BCUT2D eigenvalue weighted by atomic mass is 10.1. The molecule has 0 bridgehead atoms. The van der Waals surface area contributed by atoms with Gasteiger partial charge in [-0.1, -0.05) is 18.2 Å². The molecule has 0 fully saturated rings. The fraction of sp³-hybridized carbons (Fsp3) is 0.125. The van der Waals surface area contributed by atoms with Crippen molar-refractivity contribution in [2.75, 3.05) is 0 Å². The molecule has 21 heavy (non-hydrogen) atoms. The zero-order valence-electron chi connectivity index (χ0n) is 12.1. The van der Waals surface area contributed by atoms with Gasteiger partial charge in [0, 0.05) is 5.56 Å². The van der Waals surface area contributed by atoms with Crippen LogP contribution in [0.2, 0.25) is 0 Å². The van der Waals surface area contributed by atoms with Crippen molar-refractivity contribution in [1.82, 2.24) is 0 Å². The number of ether oxygens (including phenoxy) is 1. The third-order valence-corrected chi connectivity index (χ3v) is 3.00. The molecule has 0 radical (unpaired) electrons. The van der Waals surface area contributed by atoms with Gasteiger partial charge in [-0.25, -0.2) is 0 Å². The van der Waals surface area contributed by atoms with Crippen molar-refractivity contribution in [2.24, 2.45) is 21.7 Å². The van der Waals surface area contributed by atoms with E-state index in [1.165, 1.54) is 11.1 Å². The van der Waals surface area contributed by atoms with Crippen molar-refractivity contribution in [3.8, 4) is 11.5 Å². The van der Waals surface area contributed by atoms with E-state index in [2.05, 4.69) is 17.1 Å². The Morgan fingerprint density at radius 3 is 2.52 bits per heavy atom. The van der Waals surface area contributed by atoms with Crippen LogP contribution in [0.5, 0.6) is 11.5 Å². The number of hydrogen-bond acceptors (Lipinski definition) is 3. The third-order valence-electron chi connectivity index (χ3n) is 3.00. The smallest absolute Gasteiger partial charge is 0.211 e. The van der Waals surface area contributed by atoms with Crippen molar-refractivity contribution < 1.29 is 4.74 Å². The van der Waals surface area contributed by atoms with Crippen LogP contribution in [-0.4, -0.2) is 12.2 Å². The molecule has 0 saturated heterocycles. The molecule has 108 valence electrons. The molecule has 0 aliphatic rings. The van der Waals surface area contributed by atoms with Crippen LogP contribution in [0.4, 0.5) is 0 Å². The molecular formula is C16H18N4O. The van der Waals surface area contributed by atoms with Crippen LogP contribution in [-0.2, 0) is 0 Å². The van der Waals surface area contributed by atoms with Crippen LogP contribution < -0.4 is 16.2 Å². The van der Waals surface area contributed by atoms with E-state index >= 15 is 0 Å². The van der Waals surface area contributed by atoms with Gasteiger partial charge in [-0.05, 0) is 49.2 Å². The van der Waals surface area contributed by atoms with Crippen molar-refractivity contribution in [3.63, 3.8) is 0 Å². The summed E-state index contributed by atoms with van der Waals surface area (Å²) in [6.45, 7) is 4.11. The van der Waals surface area contributed by atoms with E-state index < -0.39 is 0 Å².